The van der Waals surface area contributed by atoms with Gasteiger partial charge in [-0.3, -0.25) is 0 Å². The molecule has 0 amide bonds. The third-order valence-corrected chi connectivity index (χ3v) is 4.78. The van der Waals surface area contributed by atoms with E-state index in [1.807, 2.05) is 7.11 Å². The summed E-state index contributed by atoms with van der Waals surface area (Å²) in [5.41, 5.74) is 0. The zero-order chi connectivity index (χ0) is 13.4. The van der Waals surface area contributed by atoms with Gasteiger partial charge in [0.1, 0.15) is 0 Å². The van der Waals surface area contributed by atoms with E-state index >= 15 is 0 Å². The minimum absolute atomic E-state index is 0.573. The normalized spacial score (nSPS) is 36.1. The number of hydrogen-bond donors (Lipinski definition) is 0. The smallest absolute Gasteiger partial charge is 0.0571 e. The van der Waals surface area contributed by atoms with Crippen LogP contribution in [0.25, 0.3) is 0 Å². The summed E-state index contributed by atoms with van der Waals surface area (Å²) in [5.74, 6) is 5.33. The quantitative estimate of drug-likeness (QED) is 0.648. The van der Waals surface area contributed by atoms with Crippen molar-refractivity contribution in [3.8, 4) is 12.3 Å². The number of hydrogen-bond acceptors (Lipinski definition) is 1. The van der Waals surface area contributed by atoms with Gasteiger partial charge in [-0.15, -0.1) is 12.3 Å². The van der Waals surface area contributed by atoms with Crippen molar-refractivity contribution in [3.63, 3.8) is 0 Å². The van der Waals surface area contributed by atoms with E-state index in [2.05, 4.69) is 19.3 Å². The molecule has 0 aliphatic heterocycles. The molecular formula is C17H30O. The molecule has 0 unspecified atom stereocenters. The molecular weight excluding hydrogens is 220 g/mol. The van der Waals surface area contributed by atoms with Crippen molar-refractivity contribution >= 4 is 0 Å². The van der Waals surface area contributed by atoms with Crippen molar-refractivity contribution in [2.24, 2.45) is 17.8 Å². The summed E-state index contributed by atoms with van der Waals surface area (Å²) in [6.45, 7) is 4.07. The lowest BCUT2D eigenvalue weighted by molar-refractivity contribution is 0.0399. The summed E-state index contributed by atoms with van der Waals surface area (Å²) in [7, 11) is 1.87. The lowest BCUT2D eigenvalue weighted by Gasteiger charge is -2.36. The van der Waals surface area contributed by atoms with E-state index in [9.17, 15) is 0 Å². The van der Waals surface area contributed by atoms with Crippen molar-refractivity contribution in [2.75, 3.05) is 7.11 Å². The molecule has 2 saturated carbocycles. The Morgan fingerprint density at radius 1 is 0.889 bits per heavy atom. The van der Waals surface area contributed by atoms with Crippen molar-refractivity contribution in [1.29, 1.82) is 0 Å². The van der Waals surface area contributed by atoms with Gasteiger partial charge >= 0.3 is 0 Å². The molecule has 0 saturated heterocycles. The predicted octanol–water partition coefficient (Wildman–Crippen LogP) is 4.66. The van der Waals surface area contributed by atoms with Crippen LogP contribution in [-0.4, -0.2) is 13.2 Å². The van der Waals surface area contributed by atoms with Gasteiger partial charge in [-0.2, -0.15) is 0 Å². The summed E-state index contributed by atoms with van der Waals surface area (Å²) < 4.78 is 5.44. The first-order valence-electron chi connectivity index (χ1n) is 7.61. The lowest BCUT2D eigenvalue weighted by atomic mass is 9.71. The second kappa shape index (κ2) is 8.59. The predicted molar refractivity (Wildman–Crippen MR) is 78.4 cm³/mol. The fourth-order valence-electron chi connectivity index (χ4n) is 3.55. The first kappa shape index (κ1) is 15.6. The van der Waals surface area contributed by atoms with E-state index in [0.717, 1.165) is 17.8 Å². The van der Waals surface area contributed by atoms with Crippen molar-refractivity contribution in [2.45, 2.75) is 71.3 Å². The largest absolute Gasteiger partial charge is 0.381 e. The van der Waals surface area contributed by atoms with Crippen LogP contribution in [0.1, 0.15) is 65.2 Å². The minimum Gasteiger partial charge on any atom is -0.381 e. The average molecular weight is 250 g/mol. The van der Waals surface area contributed by atoms with Gasteiger partial charge in [-0.25, -0.2) is 0 Å². The van der Waals surface area contributed by atoms with Gasteiger partial charge in [0.15, 0.2) is 0 Å². The topological polar surface area (TPSA) is 9.23 Å². The van der Waals surface area contributed by atoms with Gasteiger partial charge in [0.05, 0.1) is 6.10 Å². The Hall–Kier alpha value is -0.480. The standard InChI is InChI=1S/C14H26O.C3H4/c1-11-3-5-12(6-4-11)13-7-9-14(15-2)10-8-13;1-3-2/h11-14H,3-10H2,1-2H3;1H,2H3. The zero-order valence-electron chi connectivity index (χ0n) is 12.5. The maximum absolute atomic E-state index is 5.44. The van der Waals surface area contributed by atoms with Gasteiger partial charge in [0, 0.05) is 7.11 Å². The van der Waals surface area contributed by atoms with E-state index in [0.29, 0.717) is 6.10 Å². The van der Waals surface area contributed by atoms with E-state index in [1.165, 1.54) is 51.4 Å². The highest BCUT2D eigenvalue weighted by Crippen LogP contribution is 2.40. The van der Waals surface area contributed by atoms with Crippen LogP contribution in [0.3, 0.4) is 0 Å². The van der Waals surface area contributed by atoms with Crippen molar-refractivity contribution < 1.29 is 4.74 Å². The molecule has 2 fully saturated rings. The summed E-state index contributed by atoms with van der Waals surface area (Å²) in [4.78, 5) is 0. The first-order chi connectivity index (χ1) is 8.71. The fraction of sp³-hybridized carbons (Fsp3) is 0.882. The minimum atomic E-state index is 0.573. The number of methoxy groups -OCH3 is 1. The maximum Gasteiger partial charge on any atom is 0.0571 e. The van der Waals surface area contributed by atoms with E-state index < -0.39 is 0 Å². The molecule has 0 N–H and O–H groups in total. The van der Waals surface area contributed by atoms with Crippen molar-refractivity contribution in [3.05, 3.63) is 0 Å². The third-order valence-electron chi connectivity index (χ3n) is 4.78. The van der Waals surface area contributed by atoms with Crippen LogP contribution in [0.4, 0.5) is 0 Å². The van der Waals surface area contributed by atoms with Crippen LogP contribution in [0.5, 0.6) is 0 Å². The molecule has 0 bridgehead atoms. The molecule has 0 radical (unpaired) electrons. The summed E-state index contributed by atoms with van der Waals surface area (Å²) in [6, 6.07) is 0. The van der Waals surface area contributed by atoms with Crippen LogP contribution in [0.15, 0.2) is 0 Å². The molecule has 1 heteroatoms. The first-order valence-corrected chi connectivity index (χ1v) is 7.61. The fourth-order valence-corrected chi connectivity index (χ4v) is 3.55. The molecule has 2 aliphatic rings. The molecule has 104 valence electrons. The molecule has 0 aromatic heterocycles. The lowest BCUT2D eigenvalue weighted by Crippen LogP contribution is -2.27. The van der Waals surface area contributed by atoms with Gasteiger partial charge < -0.3 is 4.74 Å². The monoisotopic (exact) mass is 250 g/mol. The average Bonchev–Trinajstić information content (AvgIpc) is 2.41. The summed E-state index contributed by atoms with van der Waals surface area (Å²) >= 11 is 0. The molecule has 0 aromatic rings. The van der Waals surface area contributed by atoms with E-state index in [-0.39, 0.29) is 0 Å². The highest BCUT2D eigenvalue weighted by atomic mass is 16.5. The summed E-state index contributed by atoms with van der Waals surface area (Å²) in [6.07, 6.45) is 16.6. The highest BCUT2D eigenvalue weighted by Gasteiger charge is 2.29. The molecule has 2 rings (SSSR count). The van der Waals surface area contributed by atoms with Crippen LogP contribution in [-0.2, 0) is 4.74 Å². The zero-order valence-corrected chi connectivity index (χ0v) is 12.5. The molecule has 2 aliphatic carbocycles. The third kappa shape index (κ3) is 5.02. The molecule has 0 spiro atoms. The number of terminal acetylenes is 1. The maximum atomic E-state index is 5.44. The second-order valence-electron chi connectivity index (χ2n) is 6.08. The van der Waals surface area contributed by atoms with Gasteiger partial charge in [0.25, 0.3) is 0 Å². The Bertz CT molecular complexity index is 237. The number of ether oxygens (including phenoxy) is 1. The van der Waals surface area contributed by atoms with Gasteiger partial charge in [-0.1, -0.05) is 19.8 Å². The highest BCUT2D eigenvalue weighted by molar-refractivity contribution is 4.81. The van der Waals surface area contributed by atoms with Crippen LogP contribution < -0.4 is 0 Å². The SMILES string of the molecule is C#CC.COC1CCC(C2CCC(C)CC2)CC1. The van der Waals surface area contributed by atoms with Crippen LogP contribution >= 0.6 is 0 Å². The molecule has 18 heavy (non-hydrogen) atoms. The Labute approximate surface area is 114 Å². The Morgan fingerprint density at radius 3 is 1.67 bits per heavy atom. The molecule has 0 aromatic carbocycles. The number of rotatable bonds is 2. The van der Waals surface area contributed by atoms with Crippen LogP contribution in [0, 0.1) is 30.1 Å². The molecule has 0 atom stereocenters. The Morgan fingerprint density at radius 2 is 1.28 bits per heavy atom. The van der Waals surface area contributed by atoms with Crippen LogP contribution in [0.2, 0.25) is 0 Å². The Balaban J connectivity index is 0.000000492. The molecule has 0 heterocycles. The Kier molecular flexibility index (Phi) is 7.44. The van der Waals surface area contributed by atoms with Gasteiger partial charge in [0.2, 0.25) is 0 Å². The van der Waals surface area contributed by atoms with E-state index in [1.54, 1.807) is 6.92 Å². The molecule has 1 nitrogen and oxygen atoms in total. The second-order valence-corrected chi connectivity index (χ2v) is 6.08. The summed E-state index contributed by atoms with van der Waals surface area (Å²) in [5, 5.41) is 0. The van der Waals surface area contributed by atoms with E-state index in [4.69, 9.17) is 4.74 Å². The van der Waals surface area contributed by atoms with Gasteiger partial charge in [-0.05, 0) is 63.2 Å². The van der Waals surface area contributed by atoms with Crippen molar-refractivity contribution in [1.82, 2.24) is 0 Å².